The number of aromatic nitrogens is 1. The normalized spacial score (nSPS) is 12.7. The fourth-order valence-electron chi connectivity index (χ4n) is 1.92. The zero-order valence-electron chi connectivity index (χ0n) is 10.8. The standard InChI is InChI=1S/C14H17ClN2S/c1-9-4-5-11(12(15)6-9)7-13(16-3)14-8-17-10(2)18-14/h4-6,8,13,16H,7H2,1-3H3. The van der Waals surface area contributed by atoms with Gasteiger partial charge in [-0.05, 0) is 44.5 Å². The Labute approximate surface area is 117 Å². The van der Waals surface area contributed by atoms with Crippen molar-refractivity contribution in [3.63, 3.8) is 0 Å². The quantitative estimate of drug-likeness (QED) is 0.918. The van der Waals surface area contributed by atoms with E-state index < -0.39 is 0 Å². The third kappa shape index (κ3) is 3.10. The highest BCUT2D eigenvalue weighted by Gasteiger charge is 2.14. The van der Waals surface area contributed by atoms with Gasteiger partial charge in [-0.1, -0.05) is 23.7 Å². The Balaban J connectivity index is 2.20. The predicted octanol–water partition coefficient (Wildman–Crippen LogP) is 3.92. The van der Waals surface area contributed by atoms with Crippen LogP contribution in [0.2, 0.25) is 5.02 Å². The van der Waals surface area contributed by atoms with E-state index >= 15 is 0 Å². The summed E-state index contributed by atoms with van der Waals surface area (Å²) in [5.41, 5.74) is 2.37. The molecular formula is C14H17ClN2S. The van der Waals surface area contributed by atoms with Crippen LogP contribution in [0, 0.1) is 13.8 Å². The van der Waals surface area contributed by atoms with Crippen molar-refractivity contribution in [2.24, 2.45) is 0 Å². The molecule has 0 aliphatic carbocycles. The van der Waals surface area contributed by atoms with Crippen LogP contribution in [0.15, 0.2) is 24.4 Å². The SMILES string of the molecule is CNC(Cc1ccc(C)cc1Cl)c1cnc(C)s1. The summed E-state index contributed by atoms with van der Waals surface area (Å²) in [5.74, 6) is 0. The van der Waals surface area contributed by atoms with Gasteiger partial charge >= 0.3 is 0 Å². The van der Waals surface area contributed by atoms with Crippen LogP contribution >= 0.6 is 22.9 Å². The zero-order chi connectivity index (χ0) is 13.1. The summed E-state index contributed by atoms with van der Waals surface area (Å²) < 4.78 is 0. The Kier molecular flexibility index (Phi) is 4.38. The van der Waals surface area contributed by atoms with Crippen LogP contribution in [0.4, 0.5) is 0 Å². The number of hydrogen-bond acceptors (Lipinski definition) is 3. The number of likely N-dealkylation sites (N-methyl/N-ethyl adjacent to an activating group) is 1. The van der Waals surface area contributed by atoms with Crippen molar-refractivity contribution in [2.75, 3.05) is 7.05 Å². The van der Waals surface area contributed by atoms with Gasteiger partial charge in [0.25, 0.3) is 0 Å². The lowest BCUT2D eigenvalue weighted by atomic mass is 10.0. The number of thiazole rings is 1. The molecule has 1 heterocycles. The van der Waals surface area contributed by atoms with Gasteiger partial charge in [0.1, 0.15) is 0 Å². The summed E-state index contributed by atoms with van der Waals surface area (Å²) in [6.07, 6.45) is 2.83. The number of nitrogens with one attached hydrogen (secondary N) is 1. The molecule has 0 spiro atoms. The minimum absolute atomic E-state index is 0.274. The van der Waals surface area contributed by atoms with Crippen LogP contribution in [0.3, 0.4) is 0 Å². The Morgan fingerprint density at radius 3 is 2.72 bits per heavy atom. The van der Waals surface area contributed by atoms with E-state index in [1.165, 1.54) is 16.0 Å². The molecule has 0 saturated heterocycles. The van der Waals surface area contributed by atoms with Crippen molar-refractivity contribution < 1.29 is 0 Å². The summed E-state index contributed by atoms with van der Waals surface area (Å²) >= 11 is 8.02. The average Bonchev–Trinajstić information content (AvgIpc) is 2.75. The first-order valence-corrected chi connectivity index (χ1v) is 7.14. The average molecular weight is 281 g/mol. The number of aryl methyl sites for hydroxylation is 2. The molecule has 2 nitrogen and oxygen atoms in total. The molecule has 2 rings (SSSR count). The van der Waals surface area contributed by atoms with E-state index in [2.05, 4.69) is 29.4 Å². The maximum atomic E-state index is 6.28. The lowest BCUT2D eigenvalue weighted by molar-refractivity contribution is 0.601. The molecule has 0 radical (unpaired) electrons. The van der Waals surface area contributed by atoms with Crippen molar-refractivity contribution in [1.82, 2.24) is 10.3 Å². The van der Waals surface area contributed by atoms with Gasteiger partial charge in [-0.2, -0.15) is 0 Å². The minimum atomic E-state index is 0.274. The summed E-state index contributed by atoms with van der Waals surface area (Å²) in [6.45, 7) is 4.08. The van der Waals surface area contributed by atoms with Crippen molar-refractivity contribution >= 4 is 22.9 Å². The molecule has 0 aliphatic heterocycles. The smallest absolute Gasteiger partial charge is 0.0897 e. The van der Waals surface area contributed by atoms with Crippen LogP contribution in [0.25, 0.3) is 0 Å². The molecule has 0 saturated carbocycles. The van der Waals surface area contributed by atoms with E-state index in [1.807, 2.05) is 26.2 Å². The van der Waals surface area contributed by atoms with E-state index in [0.29, 0.717) is 0 Å². The molecule has 4 heteroatoms. The summed E-state index contributed by atoms with van der Waals surface area (Å²) in [7, 11) is 1.97. The molecule has 1 unspecified atom stereocenters. The number of nitrogens with zero attached hydrogens (tertiary/aromatic N) is 1. The van der Waals surface area contributed by atoms with E-state index in [1.54, 1.807) is 11.3 Å². The minimum Gasteiger partial charge on any atom is -0.312 e. The van der Waals surface area contributed by atoms with E-state index in [-0.39, 0.29) is 6.04 Å². The van der Waals surface area contributed by atoms with Crippen molar-refractivity contribution in [3.8, 4) is 0 Å². The second kappa shape index (κ2) is 5.83. The van der Waals surface area contributed by atoms with E-state index in [9.17, 15) is 0 Å². The van der Waals surface area contributed by atoms with Gasteiger partial charge in [-0.25, -0.2) is 4.98 Å². The number of hydrogen-bond donors (Lipinski definition) is 1. The fraction of sp³-hybridized carbons (Fsp3) is 0.357. The van der Waals surface area contributed by atoms with Crippen LogP contribution in [0.5, 0.6) is 0 Å². The second-order valence-corrected chi connectivity index (χ2v) is 6.10. The third-order valence-electron chi connectivity index (χ3n) is 2.96. The molecule has 96 valence electrons. The van der Waals surface area contributed by atoms with Gasteiger partial charge in [0.05, 0.1) is 5.01 Å². The topological polar surface area (TPSA) is 24.9 Å². The molecular weight excluding hydrogens is 264 g/mol. The lowest BCUT2D eigenvalue weighted by Crippen LogP contribution is -2.17. The molecule has 1 aromatic heterocycles. The van der Waals surface area contributed by atoms with Crippen LogP contribution in [-0.4, -0.2) is 12.0 Å². The first kappa shape index (κ1) is 13.5. The van der Waals surface area contributed by atoms with Crippen molar-refractivity contribution in [1.29, 1.82) is 0 Å². The molecule has 2 aromatic rings. The Bertz CT molecular complexity index is 536. The predicted molar refractivity (Wildman–Crippen MR) is 78.5 cm³/mol. The fourth-order valence-corrected chi connectivity index (χ4v) is 3.13. The Morgan fingerprint density at radius 1 is 1.39 bits per heavy atom. The van der Waals surface area contributed by atoms with E-state index in [0.717, 1.165) is 16.5 Å². The number of halogens is 1. The molecule has 1 aromatic carbocycles. The zero-order valence-corrected chi connectivity index (χ0v) is 12.4. The highest BCUT2D eigenvalue weighted by Crippen LogP contribution is 2.27. The molecule has 0 amide bonds. The summed E-state index contributed by atoms with van der Waals surface area (Å²) in [4.78, 5) is 5.57. The molecule has 0 bridgehead atoms. The maximum absolute atomic E-state index is 6.28. The van der Waals surface area contributed by atoms with Gasteiger partial charge in [0.15, 0.2) is 0 Å². The summed E-state index contributed by atoms with van der Waals surface area (Å²) in [5, 5.41) is 5.28. The molecule has 1 atom stereocenters. The molecule has 18 heavy (non-hydrogen) atoms. The largest absolute Gasteiger partial charge is 0.312 e. The number of benzene rings is 1. The van der Waals surface area contributed by atoms with Crippen LogP contribution < -0.4 is 5.32 Å². The molecule has 1 N–H and O–H groups in total. The number of rotatable bonds is 4. The lowest BCUT2D eigenvalue weighted by Gasteiger charge is -2.15. The monoisotopic (exact) mass is 280 g/mol. The highest BCUT2D eigenvalue weighted by molar-refractivity contribution is 7.11. The first-order chi connectivity index (χ1) is 8.60. The summed E-state index contributed by atoms with van der Waals surface area (Å²) in [6, 6.07) is 6.50. The molecule has 0 aliphatic rings. The second-order valence-electron chi connectivity index (χ2n) is 4.42. The van der Waals surface area contributed by atoms with Gasteiger partial charge in [-0.15, -0.1) is 11.3 Å². The third-order valence-corrected chi connectivity index (χ3v) is 4.34. The van der Waals surface area contributed by atoms with E-state index in [4.69, 9.17) is 11.6 Å². The maximum Gasteiger partial charge on any atom is 0.0897 e. The van der Waals surface area contributed by atoms with Gasteiger partial charge < -0.3 is 5.32 Å². The first-order valence-electron chi connectivity index (χ1n) is 5.94. The molecule has 0 fully saturated rings. The van der Waals surface area contributed by atoms with Gasteiger partial charge in [0.2, 0.25) is 0 Å². The highest BCUT2D eigenvalue weighted by atomic mass is 35.5. The van der Waals surface area contributed by atoms with Crippen LogP contribution in [0.1, 0.15) is 27.1 Å². The van der Waals surface area contributed by atoms with Crippen molar-refractivity contribution in [2.45, 2.75) is 26.3 Å². The van der Waals surface area contributed by atoms with Crippen molar-refractivity contribution in [3.05, 3.63) is 50.4 Å². The van der Waals surface area contributed by atoms with Gasteiger partial charge in [0, 0.05) is 22.1 Å². The van der Waals surface area contributed by atoms with Gasteiger partial charge in [-0.3, -0.25) is 0 Å². The van der Waals surface area contributed by atoms with Crippen LogP contribution in [-0.2, 0) is 6.42 Å². The Hall–Kier alpha value is -0.900. The Morgan fingerprint density at radius 2 is 2.17 bits per heavy atom.